The first kappa shape index (κ1) is 31.4. The van der Waals surface area contributed by atoms with Gasteiger partial charge in [0.25, 0.3) is 10.0 Å². The normalized spacial score (nSPS) is 13.3. The molecular weight excluding hydrogens is 608 g/mol. The summed E-state index contributed by atoms with van der Waals surface area (Å²) in [5.41, 5.74) is 0.555. The topological polar surface area (TPSA) is 105 Å². The van der Waals surface area contributed by atoms with Gasteiger partial charge in [-0.15, -0.1) is 0 Å². The van der Waals surface area contributed by atoms with Gasteiger partial charge in [0.05, 0.1) is 10.6 Å². The van der Waals surface area contributed by atoms with Gasteiger partial charge in [0.15, 0.2) is 11.5 Å². The number of carbonyl (C=O) groups is 2. The molecule has 0 radical (unpaired) electrons. The number of nitrogens with one attached hydrogen (secondary N) is 1. The summed E-state index contributed by atoms with van der Waals surface area (Å²) in [6.07, 6.45) is 0.682. The van der Waals surface area contributed by atoms with Crippen LogP contribution >= 0.6 is 23.2 Å². The van der Waals surface area contributed by atoms with Crippen LogP contribution in [0.25, 0.3) is 0 Å². The molecule has 224 valence electrons. The molecule has 0 saturated heterocycles. The lowest BCUT2D eigenvalue weighted by molar-refractivity contribution is -0.139. The van der Waals surface area contributed by atoms with Crippen molar-refractivity contribution in [3.05, 3.63) is 82.1 Å². The lowest BCUT2D eigenvalue weighted by Gasteiger charge is -2.32. The molecule has 0 unspecified atom stereocenters. The Kier molecular flexibility index (Phi) is 10.2. The van der Waals surface area contributed by atoms with Crippen LogP contribution in [-0.4, -0.2) is 57.5 Å². The second-order valence-corrected chi connectivity index (χ2v) is 12.2. The quantitative estimate of drug-likeness (QED) is 0.316. The van der Waals surface area contributed by atoms with Gasteiger partial charge in [-0.2, -0.15) is 0 Å². The summed E-state index contributed by atoms with van der Waals surface area (Å²) in [6, 6.07) is 12.6. The highest BCUT2D eigenvalue weighted by Crippen LogP contribution is 2.34. The smallest absolute Gasteiger partial charge is 0.264 e. The Bertz CT molecular complexity index is 1560. The van der Waals surface area contributed by atoms with E-state index in [0.717, 1.165) is 16.4 Å². The molecule has 4 rings (SSSR count). The Morgan fingerprint density at radius 2 is 1.69 bits per heavy atom. The van der Waals surface area contributed by atoms with Gasteiger partial charge in [-0.25, -0.2) is 12.8 Å². The number of sulfonamides is 1. The molecule has 1 aliphatic rings. The lowest BCUT2D eigenvalue weighted by atomic mass is 10.1. The Balaban J connectivity index is 1.73. The number of hydrogen-bond acceptors (Lipinski definition) is 6. The molecule has 0 fully saturated rings. The Morgan fingerprint density at radius 3 is 2.36 bits per heavy atom. The van der Waals surface area contributed by atoms with Crippen molar-refractivity contribution in [3.63, 3.8) is 0 Å². The number of anilines is 1. The third-order valence-corrected chi connectivity index (χ3v) is 8.92. The summed E-state index contributed by atoms with van der Waals surface area (Å²) in [4.78, 5) is 28.0. The second-order valence-electron chi connectivity index (χ2n) is 9.52. The molecule has 13 heteroatoms. The average Bonchev–Trinajstić information content (AvgIpc) is 2.98. The summed E-state index contributed by atoms with van der Waals surface area (Å²) < 4.78 is 53.8. The van der Waals surface area contributed by atoms with Gasteiger partial charge < -0.3 is 19.7 Å². The molecule has 9 nitrogen and oxygen atoms in total. The van der Waals surface area contributed by atoms with Gasteiger partial charge in [0.1, 0.15) is 31.6 Å². The minimum atomic E-state index is -4.39. The zero-order valence-corrected chi connectivity index (χ0v) is 25.3. The van der Waals surface area contributed by atoms with Gasteiger partial charge in [-0.3, -0.25) is 13.9 Å². The fraction of sp³-hybridized carbons (Fsp3) is 0.310. The number of hydrogen-bond donors (Lipinski definition) is 1. The second kappa shape index (κ2) is 13.6. The van der Waals surface area contributed by atoms with Crippen LogP contribution in [0, 0.1) is 5.82 Å². The Labute approximate surface area is 254 Å². The molecule has 1 heterocycles. The van der Waals surface area contributed by atoms with Crippen LogP contribution in [0.3, 0.4) is 0 Å². The van der Waals surface area contributed by atoms with Crippen molar-refractivity contribution in [3.8, 4) is 11.5 Å². The SMILES string of the molecule is CCCNC(=O)[C@H](C)N(Cc1ccc(Cl)cc1Cl)C(=O)CN(c1ccc(F)cc1)S(=O)(=O)c1ccc2c(c1)OCCO2. The molecule has 3 aromatic rings. The van der Waals surface area contributed by atoms with E-state index in [1.54, 1.807) is 19.1 Å². The summed E-state index contributed by atoms with van der Waals surface area (Å²) in [6.45, 7) is 3.61. The Hall–Kier alpha value is -3.54. The molecule has 1 aliphatic heterocycles. The van der Waals surface area contributed by atoms with E-state index in [1.165, 1.54) is 41.3 Å². The number of amides is 2. The van der Waals surface area contributed by atoms with Crippen LogP contribution in [-0.2, 0) is 26.2 Å². The van der Waals surface area contributed by atoms with E-state index in [-0.39, 0.29) is 34.5 Å². The van der Waals surface area contributed by atoms with E-state index in [0.29, 0.717) is 35.9 Å². The van der Waals surface area contributed by atoms with Gasteiger partial charge >= 0.3 is 0 Å². The highest BCUT2D eigenvalue weighted by atomic mass is 35.5. The van der Waals surface area contributed by atoms with Crippen LogP contribution in [0.1, 0.15) is 25.8 Å². The predicted octanol–water partition coefficient (Wildman–Crippen LogP) is 5.04. The number of nitrogens with zero attached hydrogens (tertiary/aromatic N) is 2. The van der Waals surface area contributed by atoms with Crippen molar-refractivity contribution < 1.29 is 31.9 Å². The average molecular weight is 639 g/mol. The van der Waals surface area contributed by atoms with Crippen molar-refractivity contribution in [1.82, 2.24) is 10.2 Å². The van der Waals surface area contributed by atoms with E-state index in [9.17, 15) is 22.4 Å². The van der Waals surface area contributed by atoms with E-state index in [1.807, 2.05) is 6.92 Å². The minimum Gasteiger partial charge on any atom is -0.486 e. The molecule has 1 N–H and O–H groups in total. The van der Waals surface area contributed by atoms with Gasteiger partial charge in [-0.1, -0.05) is 36.2 Å². The predicted molar refractivity (Wildman–Crippen MR) is 158 cm³/mol. The third kappa shape index (κ3) is 7.26. The number of rotatable bonds is 11. The van der Waals surface area contributed by atoms with Gasteiger partial charge in [0, 0.05) is 29.2 Å². The summed E-state index contributed by atoms with van der Waals surface area (Å²) in [5, 5.41) is 3.44. The Morgan fingerprint density at radius 1 is 1.00 bits per heavy atom. The van der Waals surface area contributed by atoms with E-state index >= 15 is 0 Å². The van der Waals surface area contributed by atoms with Crippen LogP contribution in [0.15, 0.2) is 65.6 Å². The standard InChI is InChI=1S/C29H30Cl2FN3O6S/c1-3-12-33-29(37)19(2)34(17-20-4-5-21(30)15-25(20)31)28(36)18-35(23-8-6-22(32)7-9-23)42(38,39)24-10-11-26-27(16-24)41-14-13-40-26/h4-11,15-16,19H,3,12-14,17-18H2,1-2H3,(H,33,37)/t19-/m0/s1. The van der Waals surface area contributed by atoms with Gasteiger partial charge in [-0.05, 0) is 67.4 Å². The zero-order chi connectivity index (χ0) is 30.4. The summed E-state index contributed by atoms with van der Waals surface area (Å²) in [7, 11) is -4.39. The number of benzene rings is 3. The molecule has 0 aromatic heterocycles. The first-order chi connectivity index (χ1) is 20.0. The first-order valence-corrected chi connectivity index (χ1v) is 15.4. The van der Waals surface area contributed by atoms with E-state index < -0.39 is 40.2 Å². The fourth-order valence-corrected chi connectivity index (χ4v) is 6.16. The molecule has 0 saturated carbocycles. The highest BCUT2D eigenvalue weighted by Gasteiger charge is 2.33. The zero-order valence-electron chi connectivity index (χ0n) is 23.0. The fourth-order valence-electron chi connectivity index (χ4n) is 4.26. The third-order valence-electron chi connectivity index (χ3n) is 6.57. The highest BCUT2D eigenvalue weighted by molar-refractivity contribution is 7.92. The number of fused-ring (bicyclic) bond motifs is 1. The molecule has 0 bridgehead atoms. The monoisotopic (exact) mass is 637 g/mol. The molecule has 2 amide bonds. The molecular formula is C29H30Cl2FN3O6S. The van der Waals surface area contributed by atoms with Crippen molar-refractivity contribution in [2.24, 2.45) is 0 Å². The first-order valence-electron chi connectivity index (χ1n) is 13.2. The molecule has 1 atom stereocenters. The van der Waals surface area contributed by atoms with Crippen LogP contribution in [0.2, 0.25) is 10.0 Å². The number of halogens is 3. The summed E-state index contributed by atoms with van der Waals surface area (Å²) >= 11 is 12.4. The number of carbonyl (C=O) groups excluding carboxylic acids is 2. The van der Waals surface area contributed by atoms with Crippen molar-refractivity contribution in [1.29, 1.82) is 0 Å². The molecule has 3 aromatic carbocycles. The van der Waals surface area contributed by atoms with Crippen molar-refractivity contribution >= 4 is 50.7 Å². The molecule has 42 heavy (non-hydrogen) atoms. The summed E-state index contributed by atoms with van der Waals surface area (Å²) in [5.74, 6) is -1.05. The van der Waals surface area contributed by atoms with Gasteiger partial charge in [0.2, 0.25) is 11.8 Å². The maximum atomic E-state index is 14.0. The molecule has 0 spiro atoms. The van der Waals surface area contributed by atoms with Crippen LogP contribution in [0.4, 0.5) is 10.1 Å². The lowest BCUT2D eigenvalue weighted by Crippen LogP contribution is -2.51. The van der Waals surface area contributed by atoms with Crippen LogP contribution < -0.4 is 19.1 Å². The number of ether oxygens (including phenoxy) is 2. The largest absolute Gasteiger partial charge is 0.486 e. The van der Waals surface area contributed by atoms with Crippen molar-refractivity contribution in [2.75, 3.05) is 30.6 Å². The van der Waals surface area contributed by atoms with Crippen LogP contribution in [0.5, 0.6) is 11.5 Å². The maximum absolute atomic E-state index is 14.0. The van der Waals surface area contributed by atoms with Crippen molar-refractivity contribution in [2.45, 2.75) is 37.8 Å². The van der Waals surface area contributed by atoms with E-state index in [4.69, 9.17) is 32.7 Å². The minimum absolute atomic E-state index is 0.0483. The maximum Gasteiger partial charge on any atom is 0.264 e. The molecule has 0 aliphatic carbocycles. The van der Waals surface area contributed by atoms with E-state index in [2.05, 4.69) is 5.32 Å².